The standard InChI is InChI=1S/C19H20FNO5/c1-24-16-8-11(9-17(25-2)18(16)26-3)19(23)21-7-6-15(22)13-10-12(20)4-5-14(13)21/h4-5,8-10,15,22H,6-7H2,1-3H3. The van der Waals surface area contributed by atoms with Crippen LogP contribution in [0.4, 0.5) is 10.1 Å². The van der Waals surface area contributed by atoms with Gasteiger partial charge < -0.3 is 24.2 Å². The number of carbonyl (C=O) groups excluding carboxylic acids is 1. The number of anilines is 1. The van der Waals surface area contributed by atoms with Crippen molar-refractivity contribution in [3.63, 3.8) is 0 Å². The van der Waals surface area contributed by atoms with E-state index in [2.05, 4.69) is 0 Å². The van der Waals surface area contributed by atoms with Crippen LogP contribution in [0.2, 0.25) is 0 Å². The summed E-state index contributed by atoms with van der Waals surface area (Å²) in [6.07, 6.45) is -0.475. The lowest BCUT2D eigenvalue weighted by atomic mass is 9.97. The maximum atomic E-state index is 13.5. The zero-order valence-corrected chi connectivity index (χ0v) is 14.8. The first kappa shape index (κ1) is 18.0. The van der Waals surface area contributed by atoms with Gasteiger partial charge in [-0.05, 0) is 36.8 Å². The predicted molar refractivity (Wildman–Crippen MR) is 93.8 cm³/mol. The highest BCUT2D eigenvalue weighted by Crippen LogP contribution is 2.40. The van der Waals surface area contributed by atoms with Crippen molar-refractivity contribution >= 4 is 11.6 Å². The quantitative estimate of drug-likeness (QED) is 0.907. The molecular formula is C19H20FNO5. The number of fused-ring (bicyclic) bond motifs is 1. The van der Waals surface area contributed by atoms with Crippen LogP contribution < -0.4 is 19.1 Å². The van der Waals surface area contributed by atoms with Crippen LogP contribution in [0, 0.1) is 5.82 Å². The summed E-state index contributed by atoms with van der Waals surface area (Å²) < 4.78 is 29.4. The van der Waals surface area contributed by atoms with Gasteiger partial charge in [-0.25, -0.2) is 4.39 Å². The van der Waals surface area contributed by atoms with Crippen molar-refractivity contribution in [1.82, 2.24) is 0 Å². The number of carbonyl (C=O) groups is 1. The van der Waals surface area contributed by atoms with E-state index in [0.717, 1.165) is 0 Å². The Morgan fingerprint density at radius 1 is 1.12 bits per heavy atom. The first-order valence-electron chi connectivity index (χ1n) is 8.09. The number of hydrogen-bond acceptors (Lipinski definition) is 5. The summed E-state index contributed by atoms with van der Waals surface area (Å²) in [7, 11) is 4.43. The summed E-state index contributed by atoms with van der Waals surface area (Å²) in [5.41, 5.74) is 1.23. The first-order chi connectivity index (χ1) is 12.5. The summed E-state index contributed by atoms with van der Waals surface area (Å²) in [5, 5.41) is 10.1. The van der Waals surface area contributed by atoms with Gasteiger partial charge in [-0.15, -0.1) is 0 Å². The van der Waals surface area contributed by atoms with Crippen LogP contribution in [0.15, 0.2) is 30.3 Å². The van der Waals surface area contributed by atoms with Crippen LogP contribution in [0.25, 0.3) is 0 Å². The summed E-state index contributed by atoms with van der Waals surface area (Å²) in [4.78, 5) is 14.6. The maximum absolute atomic E-state index is 13.5. The van der Waals surface area contributed by atoms with E-state index in [4.69, 9.17) is 14.2 Å². The zero-order valence-electron chi connectivity index (χ0n) is 14.8. The molecule has 2 aromatic rings. The molecule has 0 bridgehead atoms. The van der Waals surface area contributed by atoms with E-state index in [0.29, 0.717) is 47.0 Å². The van der Waals surface area contributed by atoms with Gasteiger partial charge in [0.2, 0.25) is 5.75 Å². The highest BCUT2D eigenvalue weighted by atomic mass is 19.1. The summed E-state index contributed by atoms with van der Waals surface area (Å²) >= 11 is 0. The molecule has 2 aromatic carbocycles. The molecule has 6 nitrogen and oxygen atoms in total. The van der Waals surface area contributed by atoms with Gasteiger partial charge in [0.25, 0.3) is 5.91 Å². The van der Waals surface area contributed by atoms with Crippen molar-refractivity contribution in [1.29, 1.82) is 0 Å². The van der Waals surface area contributed by atoms with E-state index >= 15 is 0 Å². The average molecular weight is 361 g/mol. The molecule has 0 radical (unpaired) electrons. The Kier molecular flexibility index (Phi) is 4.99. The molecule has 1 aliphatic heterocycles. The van der Waals surface area contributed by atoms with Gasteiger partial charge in [0, 0.05) is 23.4 Å². The van der Waals surface area contributed by atoms with Gasteiger partial charge >= 0.3 is 0 Å². The monoisotopic (exact) mass is 361 g/mol. The van der Waals surface area contributed by atoms with E-state index in [-0.39, 0.29) is 5.91 Å². The molecule has 0 aromatic heterocycles. The minimum absolute atomic E-state index is 0.302. The Morgan fingerprint density at radius 3 is 2.35 bits per heavy atom. The number of benzene rings is 2. The molecule has 3 rings (SSSR count). The Hall–Kier alpha value is -2.80. The Morgan fingerprint density at radius 2 is 1.77 bits per heavy atom. The molecule has 1 N–H and O–H groups in total. The Balaban J connectivity index is 2.04. The van der Waals surface area contributed by atoms with Crippen molar-refractivity contribution in [2.75, 3.05) is 32.8 Å². The normalized spacial score (nSPS) is 16.0. The number of halogens is 1. The number of rotatable bonds is 4. The lowest BCUT2D eigenvalue weighted by Crippen LogP contribution is -2.36. The van der Waals surface area contributed by atoms with Crippen molar-refractivity contribution in [2.24, 2.45) is 0 Å². The zero-order chi connectivity index (χ0) is 18.8. The van der Waals surface area contributed by atoms with Gasteiger partial charge in [0.1, 0.15) is 5.82 Å². The molecule has 1 amide bonds. The van der Waals surface area contributed by atoms with Crippen LogP contribution in [0.5, 0.6) is 17.2 Å². The fourth-order valence-electron chi connectivity index (χ4n) is 3.14. The molecule has 26 heavy (non-hydrogen) atoms. The summed E-state index contributed by atoms with van der Waals surface area (Å²) in [6, 6.07) is 7.17. The Bertz CT molecular complexity index is 814. The van der Waals surface area contributed by atoms with Gasteiger partial charge in [0.05, 0.1) is 27.4 Å². The van der Waals surface area contributed by atoms with Crippen LogP contribution in [-0.4, -0.2) is 38.9 Å². The SMILES string of the molecule is COc1cc(C(=O)N2CCC(O)c3cc(F)ccc32)cc(OC)c1OC. The lowest BCUT2D eigenvalue weighted by Gasteiger charge is -2.32. The molecule has 1 aliphatic rings. The molecule has 0 saturated heterocycles. The molecule has 0 aliphatic carbocycles. The third-order valence-corrected chi connectivity index (χ3v) is 4.42. The number of nitrogens with zero attached hydrogens (tertiary/aromatic N) is 1. The Labute approximate surface area is 150 Å². The lowest BCUT2D eigenvalue weighted by molar-refractivity contribution is 0.0969. The van der Waals surface area contributed by atoms with Crippen molar-refractivity contribution in [3.8, 4) is 17.2 Å². The predicted octanol–water partition coefficient (Wildman–Crippen LogP) is 2.94. The van der Waals surface area contributed by atoms with Crippen molar-refractivity contribution in [3.05, 3.63) is 47.3 Å². The molecular weight excluding hydrogens is 341 g/mol. The van der Waals surface area contributed by atoms with Gasteiger partial charge in [-0.3, -0.25) is 4.79 Å². The molecule has 138 valence electrons. The fraction of sp³-hybridized carbons (Fsp3) is 0.316. The largest absolute Gasteiger partial charge is 0.493 e. The average Bonchev–Trinajstić information content (AvgIpc) is 2.66. The molecule has 0 fully saturated rings. The van der Waals surface area contributed by atoms with E-state index in [1.807, 2.05) is 0 Å². The van der Waals surface area contributed by atoms with E-state index < -0.39 is 11.9 Å². The molecule has 7 heteroatoms. The van der Waals surface area contributed by atoms with Crippen LogP contribution >= 0.6 is 0 Å². The molecule has 1 heterocycles. The van der Waals surface area contributed by atoms with E-state index in [1.54, 1.807) is 12.1 Å². The third-order valence-electron chi connectivity index (χ3n) is 4.42. The van der Waals surface area contributed by atoms with Crippen LogP contribution in [0.1, 0.15) is 28.4 Å². The number of aliphatic hydroxyl groups excluding tert-OH is 1. The fourth-order valence-corrected chi connectivity index (χ4v) is 3.14. The summed E-state index contributed by atoms with van der Waals surface area (Å²) in [6.45, 7) is 0.315. The van der Waals surface area contributed by atoms with Gasteiger partial charge in [0.15, 0.2) is 11.5 Å². The second-order valence-electron chi connectivity index (χ2n) is 5.88. The second-order valence-corrected chi connectivity index (χ2v) is 5.88. The highest BCUT2D eigenvalue weighted by Gasteiger charge is 2.29. The smallest absolute Gasteiger partial charge is 0.258 e. The number of amides is 1. The number of hydrogen-bond donors (Lipinski definition) is 1. The topological polar surface area (TPSA) is 68.2 Å². The molecule has 1 atom stereocenters. The number of aliphatic hydroxyl groups is 1. The molecule has 0 spiro atoms. The highest BCUT2D eigenvalue weighted by molar-refractivity contribution is 6.07. The number of methoxy groups -OCH3 is 3. The third kappa shape index (κ3) is 3.06. The van der Waals surface area contributed by atoms with Crippen LogP contribution in [0.3, 0.4) is 0 Å². The van der Waals surface area contributed by atoms with Crippen LogP contribution in [-0.2, 0) is 0 Å². The van der Waals surface area contributed by atoms with Gasteiger partial charge in [-0.2, -0.15) is 0 Å². The minimum atomic E-state index is -0.801. The molecule has 0 saturated carbocycles. The minimum Gasteiger partial charge on any atom is -0.493 e. The van der Waals surface area contributed by atoms with Crippen molar-refractivity contribution in [2.45, 2.75) is 12.5 Å². The van der Waals surface area contributed by atoms with Gasteiger partial charge in [-0.1, -0.05) is 0 Å². The van der Waals surface area contributed by atoms with E-state index in [1.165, 1.54) is 44.4 Å². The molecule has 1 unspecified atom stereocenters. The first-order valence-corrected chi connectivity index (χ1v) is 8.09. The number of ether oxygens (including phenoxy) is 3. The second kappa shape index (κ2) is 7.21. The van der Waals surface area contributed by atoms with E-state index in [9.17, 15) is 14.3 Å². The maximum Gasteiger partial charge on any atom is 0.258 e. The summed E-state index contributed by atoms with van der Waals surface area (Å²) in [5.74, 6) is 0.370. The van der Waals surface area contributed by atoms with Crippen molar-refractivity contribution < 1.29 is 28.5 Å².